The van der Waals surface area contributed by atoms with E-state index in [9.17, 15) is 0 Å². The Bertz CT molecular complexity index is 266. The van der Waals surface area contributed by atoms with E-state index >= 15 is 0 Å². The van der Waals surface area contributed by atoms with E-state index in [-0.39, 0.29) is 0 Å². The van der Waals surface area contributed by atoms with Crippen LogP contribution in [0.4, 0.5) is 0 Å². The Morgan fingerprint density at radius 1 is 1.58 bits per heavy atom. The van der Waals surface area contributed by atoms with Crippen molar-refractivity contribution < 1.29 is 0 Å². The molecule has 12 heavy (non-hydrogen) atoms. The molecule has 2 rings (SSSR count). The molecule has 0 bridgehead atoms. The van der Waals surface area contributed by atoms with Gasteiger partial charge in [-0.1, -0.05) is 0 Å². The van der Waals surface area contributed by atoms with Crippen molar-refractivity contribution in [3.8, 4) is 0 Å². The third-order valence-corrected chi connectivity index (χ3v) is 2.70. The number of nitrogens with two attached hydrogens (primary N) is 1. The smallest absolute Gasteiger partial charge is 0.111 e. The first-order chi connectivity index (χ1) is 5.77. The van der Waals surface area contributed by atoms with Crippen molar-refractivity contribution in [2.75, 3.05) is 0 Å². The zero-order valence-corrected chi connectivity index (χ0v) is 7.40. The Kier molecular flexibility index (Phi) is 1.89. The van der Waals surface area contributed by atoms with Crippen LogP contribution in [-0.4, -0.2) is 15.6 Å². The number of aromatic nitrogens is 2. The third kappa shape index (κ3) is 1.25. The molecule has 1 aromatic heterocycles. The van der Waals surface area contributed by atoms with E-state index in [1.54, 1.807) is 0 Å². The van der Waals surface area contributed by atoms with E-state index in [1.807, 2.05) is 19.4 Å². The lowest BCUT2D eigenvalue weighted by atomic mass is 10.1. The van der Waals surface area contributed by atoms with Crippen LogP contribution in [0.25, 0.3) is 0 Å². The van der Waals surface area contributed by atoms with Gasteiger partial charge >= 0.3 is 0 Å². The molecule has 1 fully saturated rings. The van der Waals surface area contributed by atoms with E-state index in [2.05, 4.69) is 9.55 Å². The number of nitrogens with zero attached hydrogens (tertiary/aromatic N) is 2. The van der Waals surface area contributed by atoms with Crippen LogP contribution in [0.5, 0.6) is 0 Å². The summed E-state index contributed by atoms with van der Waals surface area (Å²) in [5.41, 5.74) is 5.84. The summed E-state index contributed by atoms with van der Waals surface area (Å²) in [6, 6.07) is 0.395. The molecule has 3 heteroatoms. The first-order valence-corrected chi connectivity index (χ1v) is 4.50. The summed E-state index contributed by atoms with van der Waals surface area (Å²) < 4.78 is 2.10. The molecule has 2 atom stereocenters. The summed E-state index contributed by atoms with van der Waals surface area (Å²) in [5.74, 6) is 1.79. The van der Waals surface area contributed by atoms with Gasteiger partial charge in [0.2, 0.25) is 0 Å². The van der Waals surface area contributed by atoms with Crippen LogP contribution >= 0.6 is 0 Å². The molecular weight excluding hydrogens is 150 g/mol. The number of hydrogen-bond donors (Lipinski definition) is 1. The van der Waals surface area contributed by atoms with Gasteiger partial charge in [0.1, 0.15) is 5.82 Å². The van der Waals surface area contributed by atoms with Crippen molar-refractivity contribution in [3.05, 3.63) is 18.2 Å². The molecule has 66 valence electrons. The molecule has 0 aliphatic heterocycles. The highest BCUT2D eigenvalue weighted by molar-refractivity contribution is 5.03. The fourth-order valence-electron chi connectivity index (χ4n) is 2.02. The highest BCUT2D eigenvalue weighted by Gasteiger charge is 2.25. The summed E-state index contributed by atoms with van der Waals surface area (Å²) in [5, 5.41) is 0. The lowest BCUT2D eigenvalue weighted by Crippen LogP contribution is -2.15. The van der Waals surface area contributed by atoms with Gasteiger partial charge in [0.05, 0.1) is 0 Å². The van der Waals surface area contributed by atoms with Crippen LogP contribution in [0, 0.1) is 0 Å². The number of rotatable bonds is 1. The van der Waals surface area contributed by atoms with Crippen molar-refractivity contribution >= 4 is 0 Å². The monoisotopic (exact) mass is 165 g/mol. The summed E-state index contributed by atoms with van der Waals surface area (Å²) in [6.07, 6.45) is 7.31. The summed E-state index contributed by atoms with van der Waals surface area (Å²) in [7, 11) is 2.05. The van der Waals surface area contributed by atoms with Gasteiger partial charge in [-0.05, 0) is 19.3 Å². The average Bonchev–Trinajstić information content (AvgIpc) is 2.58. The van der Waals surface area contributed by atoms with E-state index in [1.165, 1.54) is 12.2 Å². The minimum Gasteiger partial charge on any atom is -0.338 e. The second kappa shape index (κ2) is 2.90. The normalized spacial score (nSPS) is 29.5. The van der Waals surface area contributed by atoms with Gasteiger partial charge in [-0.15, -0.1) is 0 Å². The molecule has 1 aliphatic rings. The van der Waals surface area contributed by atoms with Crippen LogP contribution in [0.15, 0.2) is 12.4 Å². The van der Waals surface area contributed by atoms with Gasteiger partial charge < -0.3 is 10.3 Å². The molecule has 0 saturated heterocycles. The quantitative estimate of drug-likeness (QED) is 0.675. The predicted molar refractivity (Wildman–Crippen MR) is 47.8 cm³/mol. The van der Waals surface area contributed by atoms with Gasteiger partial charge in [0, 0.05) is 31.4 Å². The Morgan fingerprint density at radius 2 is 2.42 bits per heavy atom. The van der Waals surface area contributed by atoms with Gasteiger partial charge in [-0.2, -0.15) is 0 Å². The summed E-state index contributed by atoms with van der Waals surface area (Å²) in [4.78, 5) is 4.34. The summed E-state index contributed by atoms with van der Waals surface area (Å²) in [6.45, 7) is 0. The topological polar surface area (TPSA) is 43.8 Å². The molecule has 0 aromatic carbocycles. The molecular formula is C9H15N3. The van der Waals surface area contributed by atoms with Crippen LogP contribution in [0.3, 0.4) is 0 Å². The lowest BCUT2D eigenvalue weighted by Gasteiger charge is -2.08. The summed E-state index contributed by atoms with van der Waals surface area (Å²) >= 11 is 0. The Balaban J connectivity index is 2.16. The average molecular weight is 165 g/mol. The van der Waals surface area contributed by atoms with Gasteiger partial charge in [0.25, 0.3) is 0 Å². The standard InChI is InChI=1S/C9H15N3/c1-12-5-4-11-9(12)7-2-3-8(10)6-7/h4-5,7-8H,2-3,6,10H2,1H3/t7-,8-/m0/s1. The Labute approximate surface area is 72.6 Å². The van der Waals surface area contributed by atoms with Crippen LogP contribution in [0.2, 0.25) is 0 Å². The second-order valence-electron chi connectivity index (χ2n) is 3.67. The van der Waals surface area contributed by atoms with Crippen LogP contribution in [-0.2, 0) is 7.05 Å². The predicted octanol–water partition coefficient (Wildman–Crippen LogP) is 1.01. The first-order valence-electron chi connectivity index (χ1n) is 4.50. The maximum atomic E-state index is 5.84. The van der Waals surface area contributed by atoms with Gasteiger partial charge in [-0.3, -0.25) is 0 Å². The van der Waals surface area contributed by atoms with E-state index in [0.29, 0.717) is 12.0 Å². The van der Waals surface area contributed by atoms with E-state index < -0.39 is 0 Å². The largest absolute Gasteiger partial charge is 0.338 e. The minimum atomic E-state index is 0.395. The fraction of sp³-hybridized carbons (Fsp3) is 0.667. The van der Waals surface area contributed by atoms with Gasteiger partial charge in [-0.25, -0.2) is 4.98 Å². The minimum absolute atomic E-state index is 0.395. The molecule has 2 N–H and O–H groups in total. The first kappa shape index (κ1) is 7.80. The molecule has 0 radical (unpaired) electrons. The lowest BCUT2D eigenvalue weighted by molar-refractivity contribution is 0.616. The van der Waals surface area contributed by atoms with Crippen molar-refractivity contribution in [2.45, 2.75) is 31.2 Å². The highest BCUT2D eigenvalue weighted by atomic mass is 15.0. The second-order valence-corrected chi connectivity index (χ2v) is 3.67. The van der Waals surface area contributed by atoms with E-state index in [0.717, 1.165) is 12.8 Å². The van der Waals surface area contributed by atoms with E-state index in [4.69, 9.17) is 5.73 Å². The van der Waals surface area contributed by atoms with Crippen LogP contribution in [0.1, 0.15) is 31.0 Å². The molecule has 3 nitrogen and oxygen atoms in total. The third-order valence-electron chi connectivity index (χ3n) is 2.70. The Morgan fingerprint density at radius 3 is 2.92 bits per heavy atom. The maximum absolute atomic E-state index is 5.84. The van der Waals surface area contributed by atoms with Crippen LogP contribution < -0.4 is 5.73 Å². The number of aryl methyl sites for hydroxylation is 1. The number of hydrogen-bond acceptors (Lipinski definition) is 2. The maximum Gasteiger partial charge on any atom is 0.111 e. The SMILES string of the molecule is Cn1ccnc1[C@H]1CC[C@H](N)C1. The molecule has 0 amide bonds. The molecule has 0 unspecified atom stereocenters. The molecule has 0 spiro atoms. The Hall–Kier alpha value is -0.830. The molecule has 1 aliphatic carbocycles. The fourth-order valence-corrected chi connectivity index (χ4v) is 2.02. The van der Waals surface area contributed by atoms with Gasteiger partial charge in [0.15, 0.2) is 0 Å². The molecule has 1 heterocycles. The number of imidazole rings is 1. The highest BCUT2D eigenvalue weighted by Crippen LogP contribution is 2.31. The van der Waals surface area contributed by atoms with Crippen molar-refractivity contribution in [2.24, 2.45) is 12.8 Å². The van der Waals surface area contributed by atoms with Crippen molar-refractivity contribution in [3.63, 3.8) is 0 Å². The van der Waals surface area contributed by atoms with Crippen molar-refractivity contribution in [1.29, 1.82) is 0 Å². The zero-order chi connectivity index (χ0) is 8.55. The molecule has 1 saturated carbocycles. The molecule has 1 aromatic rings. The van der Waals surface area contributed by atoms with Crippen molar-refractivity contribution in [1.82, 2.24) is 9.55 Å². The zero-order valence-electron chi connectivity index (χ0n) is 7.40.